The number of nitrogens with two attached hydrogens (primary N) is 1. The molecule has 108 valence electrons. The molecule has 0 fully saturated rings. The molecule has 0 spiro atoms. The molecule has 4 nitrogen and oxygen atoms in total. The van der Waals surface area contributed by atoms with Crippen LogP contribution in [-0.2, 0) is 6.42 Å². The van der Waals surface area contributed by atoms with Crippen LogP contribution in [0.5, 0.6) is 0 Å². The lowest BCUT2D eigenvalue weighted by molar-refractivity contribution is 0.0985. The molecule has 0 atom stereocenters. The Bertz CT molecular complexity index is 681. The number of hydrogen-bond donors (Lipinski definition) is 2. The third kappa shape index (κ3) is 2.50. The fourth-order valence-corrected chi connectivity index (χ4v) is 2.86. The Labute approximate surface area is 124 Å². The number of nitrogens with zero attached hydrogens (tertiary/aromatic N) is 1. The van der Waals surface area contributed by atoms with Gasteiger partial charge < -0.3 is 10.3 Å². The summed E-state index contributed by atoms with van der Waals surface area (Å²) in [6.45, 7) is 2.71. The van der Waals surface area contributed by atoms with Gasteiger partial charge in [-0.15, -0.1) is 0 Å². The van der Waals surface area contributed by atoms with E-state index >= 15 is 0 Å². The van der Waals surface area contributed by atoms with E-state index in [0.29, 0.717) is 5.56 Å². The predicted octanol–water partition coefficient (Wildman–Crippen LogP) is 2.87. The molecule has 3 N–H and O–H groups in total. The van der Waals surface area contributed by atoms with Gasteiger partial charge in [0.25, 0.3) is 5.91 Å². The Balaban J connectivity index is 1.95. The van der Waals surface area contributed by atoms with Crippen LogP contribution in [0.15, 0.2) is 42.5 Å². The zero-order chi connectivity index (χ0) is 14.8. The van der Waals surface area contributed by atoms with E-state index in [-0.39, 0.29) is 5.91 Å². The van der Waals surface area contributed by atoms with Gasteiger partial charge in [-0.1, -0.05) is 18.2 Å². The minimum absolute atomic E-state index is 0.0498. The smallest absolute Gasteiger partial charge is 0.258 e. The van der Waals surface area contributed by atoms with Crippen molar-refractivity contribution >= 4 is 17.3 Å². The molecule has 1 aliphatic rings. The number of hydrogen-bond acceptors (Lipinski definition) is 3. The molecular weight excluding hydrogens is 262 g/mol. The molecule has 2 aromatic carbocycles. The van der Waals surface area contributed by atoms with Gasteiger partial charge in [0.1, 0.15) is 0 Å². The first kappa shape index (κ1) is 13.6. The zero-order valence-corrected chi connectivity index (χ0v) is 12.1. The maximum absolute atomic E-state index is 12.8. The predicted molar refractivity (Wildman–Crippen MR) is 85.4 cm³/mol. The second kappa shape index (κ2) is 5.58. The third-order valence-corrected chi connectivity index (χ3v) is 3.98. The molecule has 4 heteroatoms. The van der Waals surface area contributed by atoms with Crippen LogP contribution in [0.25, 0.3) is 0 Å². The number of carbonyl (C=O) groups excluding carboxylic acids is 1. The van der Waals surface area contributed by atoms with E-state index in [1.165, 1.54) is 5.56 Å². The van der Waals surface area contributed by atoms with Crippen molar-refractivity contribution in [2.45, 2.75) is 19.8 Å². The second-order valence-corrected chi connectivity index (χ2v) is 5.36. The van der Waals surface area contributed by atoms with Crippen molar-refractivity contribution in [1.82, 2.24) is 0 Å². The number of nitrogen functional groups attached to an aromatic ring is 1. The number of rotatable bonds is 2. The summed E-state index contributed by atoms with van der Waals surface area (Å²) >= 11 is 0. The van der Waals surface area contributed by atoms with Crippen LogP contribution in [-0.4, -0.2) is 12.5 Å². The maximum Gasteiger partial charge on any atom is 0.258 e. The fourth-order valence-electron chi connectivity index (χ4n) is 2.86. The van der Waals surface area contributed by atoms with E-state index in [2.05, 4.69) is 11.5 Å². The summed E-state index contributed by atoms with van der Waals surface area (Å²) in [4.78, 5) is 14.7. The van der Waals surface area contributed by atoms with E-state index < -0.39 is 0 Å². The number of nitrogens with one attached hydrogen (secondary N) is 1. The number of hydrazine groups is 1. The van der Waals surface area contributed by atoms with Crippen molar-refractivity contribution in [3.05, 3.63) is 59.2 Å². The first-order chi connectivity index (χ1) is 10.2. The Morgan fingerprint density at radius 1 is 1.24 bits per heavy atom. The summed E-state index contributed by atoms with van der Waals surface area (Å²) in [7, 11) is 0. The summed E-state index contributed by atoms with van der Waals surface area (Å²) in [5, 5.41) is 0. The molecule has 1 amide bonds. The summed E-state index contributed by atoms with van der Waals surface area (Å²) in [5.74, 6) is 5.49. The second-order valence-electron chi connectivity index (χ2n) is 5.36. The minimum Gasteiger partial charge on any atom is -0.324 e. The number of aryl methyl sites for hydroxylation is 2. The Kier molecular flexibility index (Phi) is 3.62. The largest absolute Gasteiger partial charge is 0.324 e. The number of amides is 1. The average molecular weight is 281 g/mol. The molecule has 0 bridgehead atoms. The summed E-state index contributed by atoms with van der Waals surface area (Å²) in [6, 6.07) is 13.7. The highest BCUT2D eigenvalue weighted by atomic mass is 16.2. The molecule has 0 aliphatic carbocycles. The van der Waals surface area contributed by atoms with Crippen LogP contribution in [0.1, 0.15) is 27.9 Å². The number of para-hydroxylation sites is 1. The molecule has 0 aromatic heterocycles. The van der Waals surface area contributed by atoms with Gasteiger partial charge in [-0.2, -0.15) is 0 Å². The molecule has 2 aromatic rings. The number of anilines is 2. The lowest BCUT2D eigenvalue weighted by Crippen LogP contribution is -2.35. The number of carbonyl (C=O) groups is 1. The Morgan fingerprint density at radius 3 is 2.81 bits per heavy atom. The lowest BCUT2D eigenvalue weighted by atomic mass is 10.0. The van der Waals surface area contributed by atoms with E-state index in [1.807, 2.05) is 48.2 Å². The van der Waals surface area contributed by atoms with Crippen LogP contribution in [0, 0.1) is 6.92 Å². The van der Waals surface area contributed by atoms with Gasteiger partial charge >= 0.3 is 0 Å². The molecule has 1 heterocycles. The highest BCUT2D eigenvalue weighted by Gasteiger charge is 2.23. The molecule has 0 unspecified atom stereocenters. The van der Waals surface area contributed by atoms with Gasteiger partial charge in [0.15, 0.2) is 0 Å². The van der Waals surface area contributed by atoms with Crippen LogP contribution >= 0.6 is 0 Å². The maximum atomic E-state index is 12.8. The Morgan fingerprint density at radius 2 is 2.05 bits per heavy atom. The summed E-state index contributed by atoms with van der Waals surface area (Å²) < 4.78 is 0. The highest BCUT2D eigenvalue weighted by Crippen LogP contribution is 2.28. The zero-order valence-electron chi connectivity index (χ0n) is 12.1. The minimum atomic E-state index is 0.0498. The van der Waals surface area contributed by atoms with E-state index in [9.17, 15) is 4.79 Å². The van der Waals surface area contributed by atoms with Gasteiger partial charge in [-0.05, 0) is 55.2 Å². The van der Waals surface area contributed by atoms with Crippen LogP contribution in [0.2, 0.25) is 0 Å². The first-order valence-corrected chi connectivity index (χ1v) is 7.18. The SMILES string of the molecule is Cc1cc(C(=O)N2CCCc3ccccc32)ccc1NN. The first-order valence-electron chi connectivity index (χ1n) is 7.18. The monoisotopic (exact) mass is 281 g/mol. The lowest BCUT2D eigenvalue weighted by Gasteiger charge is -2.29. The van der Waals surface area contributed by atoms with Gasteiger partial charge in [-0.3, -0.25) is 10.6 Å². The fraction of sp³-hybridized carbons (Fsp3) is 0.235. The Hall–Kier alpha value is -2.33. The average Bonchev–Trinajstić information content (AvgIpc) is 2.53. The quantitative estimate of drug-likeness (QED) is 0.657. The molecule has 0 radical (unpaired) electrons. The third-order valence-electron chi connectivity index (χ3n) is 3.98. The molecule has 1 aliphatic heterocycles. The summed E-state index contributed by atoms with van der Waals surface area (Å²) in [5.41, 5.74) is 7.41. The van der Waals surface area contributed by atoms with E-state index in [1.54, 1.807) is 0 Å². The van der Waals surface area contributed by atoms with Crippen molar-refractivity contribution in [2.75, 3.05) is 16.9 Å². The molecule has 0 saturated heterocycles. The van der Waals surface area contributed by atoms with Crippen molar-refractivity contribution < 1.29 is 4.79 Å². The molecule has 0 saturated carbocycles. The van der Waals surface area contributed by atoms with E-state index in [0.717, 1.165) is 36.3 Å². The van der Waals surface area contributed by atoms with Crippen LogP contribution in [0.3, 0.4) is 0 Å². The van der Waals surface area contributed by atoms with Crippen molar-refractivity contribution in [3.63, 3.8) is 0 Å². The topological polar surface area (TPSA) is 58.4 Å². The van der Waals surface area contributed by atoms with Crippen LogP contribution < -0.4 is 16.2 Å². The standard InChI is InChI=1S/C17H19N3O/c1-12-11-14(8-9-15(12)19-18)17(21)20-10-4-6-13-5-2-3-7-16(13)20/h2-3,5,7-9,11,19H,4,6,10,18H2,1H3. The van der Waals surface area contributed by atoms with Gasteiger partial charge in [0.2, 0.25) is 0 Å². The molecule has 3 rings (SSSR count). The highest BCUT2D eigenvalue weighted by molar-refractivity contribution is 6.07. The number of fused-ring (bicyclic) bond motifs is 1. The molecular formula is C17H19N3O. The van der Waals surface area contributed by atoms with Crippen molar-refractivity contribution in [2.24, 2.45) is 5.84 Å². The van der Waals surface area contributed by atoms with Gasteiger partial charge in [0, 0.05) is 17.8 Å². The molecule has 21 heavy (non-hydrogen) atoms. The van der Waals surface area contributed by atoms with E-state index in [4.69, 9.17) is 5.84 Å². The van der Waals surface area contributed by atoms with Crippen LogP contribution in [0.4, 0.5) is 11.4 Å². The number of benzene rings is 2. The van der Waals surface area contributed by atoms with Gasteiger partial charge in [-0.25, -0.2) is 0 Å². The normalized spacial score (nSPS) is 13.7. The van der Waals surface area contributed by atoms with Gasteiger partial charge in [0.05, 0.1) is 5.69 Å². The van der Waals surface area contributed by atoms with Crippen molar-refractivity contribution in [1.29, 1.82) is 0 Å². The van der Waals surface area contributed by atoms with Crippen molar-refractivity contribution in [3.8, 4) is 0 Å². The summed E-state index contributed by atoms with van der Waals surface area (Å²) in [6.07, 6.45) is 2.04.